The predicted molar refractivity (Wildman–Crippen MR) is 191 cm³/mol. The van der Waals surface area contributed by atoms with Crippen molar-refractivity contribution in [3.8, 4) is 5.75 Å². The summed E-state index contributed by atoms with van der Waals surface area (Å²) in [6.45, 7) is 3.00. The first kappa shape index (κ1) is 31.8. The van der Waals surface area contributed by atoms with Gasteiger partial charge < -0.3 is 9.30 Å². The van der Waals surface area contributed by atoms with Crippen molar-refractivity contribution in [1.82, 2.24) is 9.55 Å². The molecule has 0 atom stereocenters. The van der Waals surface area contributed by atoms with Gasteiger partial charge in [0.15, 0.2) is 0 Å². The molecule has 1 aromatic heterocycles. The maximum atomic E-state index is 6.12. The van der Waals surface area contributed by atoms with E-state index < -0.39 is 9.52 Å². The van der Waals surface area contributed by atoms with Crippen molar-refractivity contribution in [2.45, 2.75) is 37.2 Å². The normalized spacial score (nSPS) is 11.3. The van der Waals surface area contributed by atoms with Gasteiger partial charge >= 0.3 is 0 Å². The van der Waals surface area contributed by atoms with Crippen LogP contribution in [0.4, 0.5) is 0 Å². The molecule has 0 amide bonds. The van der Waals surface area contributed by atoms with Crippen LogP contribution in [0.25, 0.3) is 0 Å². The highest BCUT2D eigenvalue weighted by molar-refractivity contribution is 6.57. The highest BCUT2D eigenvalue weighted by Gasteiger charge is 2.36. The predicted octanol–water partition coefficient (Wildman–Crippen LogP) is 7.64. The van der Waals surface area contributed by atoms with Crippen molar-refractivity contribution in [2.24, 2.45) is 0 Å². The van der Waals surface area contributed by atoms with Crippen LogP contribution in [-0.4, -0.2) is 33.5 Å². The first-order chi connectivity index (χ1) is 22.2. The fourth-order valence-electron chi connectivity index (χ4n) is 5.77. The third-order valence-corrected chi connectivity index (χ3v) is 10.7. The van der Waals surface area contributed by atoms with Crippen LogP contribution in [-0.2, 0) is 5.16 Å². The fraction of sp³-hybridized carbons (Fsp3) is 0.175. The molecule has 0 aliphatic heterocycles. The molecule has 0 fully saturated rings. The zero-order valence-electron chi connectivity index (χ0n) is 26.1. The van der Waals surface area contributed by atoms with E-state index in [1.165, 1.54) is 29.2 Å². The SMILES string of the molecule is CCCCCOc1cccc([SiH2]C(c2ccccc2)(c2ccccc2)n2ccnc2)c1.[B]C(c1ccccc1)c1ccccc1. The van der Waals surface area contributed by atoms with Gasteiger partial charge in [0.2, 0.25) is 0 Å². The summed E-state index contributed by atoms with van der Waals surface area (Å²) >= 11 is 0. The number of aromatic nitrogens is 2. The van der Waals surface area contributed by atoms with Gasteiger partial charge in [0.25, 0.3) is 0 Å². The number of nitrogens with zero attached hydrogens (tertiary/aromatic N) is 2. The third kappa shape index (κ3) is 8.31. The van der Waals surface area contributed by atoms with Gasteiger partial charge in [-0.3, -0.25) is 0 Å². The van der Waals surface area contributed by atoms with Gasteiger partial charge in [-0.1, -0.05) is 158 Å². The molecule has 1 heterocycles. The second kappa shape index (κ2) is 16.5. The molecular weight excluding hydrogens is 563 g/mol. The summed E-state index contributed by atoms with van der Waals surface area (Å²) in [7, 11) is 5.24. The zero-order valence-corrected chi connectivity index (χ0v) is 27.5. The molecule has 5 heteroatoms. The van der Waals surface area contributed by atoms with Gasteiger partial charge in [-0.15, -0.1) is 0 Å². The first-order valence-electron chi connectivity index (χ1n) is 15.9. The largest absolute Gasteiger partial charge is 0.494 e. The van der Waals surface area contributed by atoms with Crippen molar-refractivity contribution >= 4 is 22.6 Å². The smallest absolute Gasteiger partial charge is 0.119 e. The number of benzene rings is 5. The van der Waals surface area contributed by atoms with Crippen molar-refractivity contribution in [3.63, 3.8) is 0 Å². The number of rotatable bonds is 12. The molecule has 224 valence electrons. The van der Waals surface area contributed by atoms with Crippen LogP contribution in [0.2, 0.25) is 0 Å². The van der Waals surface area contributed by atoms with E-state index in [0.29, 0.717) is 0 Å². The van der Waals surface area contributed by atoms with Crippen molar-refractivity contribution in [2.75, 3.05) is 6.61 Å². The van der Waals surface area contributed by atoms with Crippen LogP contribution >= 0.6 is 0 Å². The maximum Gasteiger partial charge on any atom is 0.119 e. The molecule has 0 aliphatic rings. The summed E-state index contributed by atoms with van der Waals surface area (Å²) in [5.41, 5.74) is 4.89. The number of hydrogen-bond donors (Lipinski definition) is 0. The maximum absolute atomic E-state index is 6.12. The minimum absolute atomic E-state index is 0.0163. The molecule has 2 radical (unpaired) electrons. The molecule has 0 saturated heterocycles. The third-order valence-electron chi connectivity index (χ3n) is 8.14. The Labute approximate surface area is 272 Å². The second-order valence-corrected chi connectivity index (χ2v) is 13.4. The first-order valence-corrected chi connectivity index (χ1v) is 17.3. The van der Waals surface area contributed by atoms with Gasteiger partial charge in [0.1, 0.15) is 5.75 Å². The molecule has 0 spiro atoms. The Kier molecular flexibility index (Phi) is 11.6. The average molecular weight is 605 g/mol. The van der Waals surface area contributed by atoms with Gasteiger partial charge in [-0.25, -0.2) is 4.98 Å². The van der Waals surface area contributed by atoms with Gasteiger partial charge in [0.05, 0.1) is 35.5 Å². The van der Waals surface area contributed by atoms with Crippen LogP contribution < -0.4 is 9.92 Å². The quantitative estimate of drug-likeness (QED) is 0.106. The van der Waals surface area contributed by atoms with Gasteiger partial charge in [0, 0.05) is 12.4 Å². The highest BCUT2D eigenvalue weighted by atomic mass is 28.2. The Morgan fingerprint density at radius 2 is 1.27 bits per heavy atom. The van der Waals surface area contributed by atoms with Crippen LogP contribution in [0.3, 0.4) is 0 Å². The van der Waals surface area contributed by atoms with Crippen LogP contribution in [0.1, 0.15) is 54.3 Å². The Bertz CT molecular complexity index is 1580. The molecular formula is C40H41BN2OSi. The highest BCUT2D eigenvalue weighted by Crippen LogP contribution is 2.33. The minimum Gasteiger partial charge on any atom is -0.494 e. The van der Waals surface area contributed by atoms with E-state index in [1.807, 2.05) is 48.9 Å². The summed E-state index contributed by atoms with van der Waals surface area (Å²) in [6.07, 6.45) is 9.45. The summed E-state index contributed by atoms with van der Waals surface area (Å²) in [5.74, 6) is 0.958. The molecule has 0 N–H and O–H groups in total. The van der Waals surface area contributed by atoms with E-state index in [-0.39, 0.29) is 11.0 Å². The fourth-order valence-corrected chi connectivity index (χ4v) is 8.17. The lowest BCUT2D eigenvalue weighted by Gasteiger charge is -2.37. The number of hydrogen-bond acceptors (Lipinski definition) is 2. The molecule has 6 aromatic rings. The summed E-state index contributed by atoms with van der Waals surface area (Å²) in [6, 6.07) is 50.6. The molecule has 5 aromatic carbocycles. The molecule has 45 heavy (non-hydrogen) atoms. The van der Waals surface area contributed by atoms with E-state index in [0.717, 1.165) is 29.9 Å². The van der Waals surface area contributed by atoms with Gasteiger partial charge in [-0.05, 0) is 46.6 Å². The minimum atomic E-state index is -0.881. The molecule has 3 nitrogen and oxygen atoms in total. The molecule has 0 aliphatic carbocycles. The molecule has 0 saturated carbocycles. The lowest BCUT2D eigenvalue weighted by molar-refractivity contribution is 0.306. The molecule has 0 unspecified atom stereocenters. The van der Waals surface area contributed by atoms with Crippen LogP contribution in [0.15, 0.2) is 164 Å². The Hall–Kier alpha value is -4.61. The summed E-state index contributed by atoms with van der Waals surface area (Å²) in [4.78, 5) is 4.42. The molecule has 6 rings (SSSR count). The van der Waals surface area contributed by atoms with E-state index in [9.17, 15) is 0 Å². The number of imidazole rings is 1. The zero-order chi connectivity index (χ0) is 31.2. The van der Waals surface area contributed by atoms with Crippen LogP contribution in [0, 0.1) is 0 Å². The Balaban J connectivity index is 0.000000238. The van der Waals surface area contributed by atoms with Crippen molar-refractivity contribution in [1.29, 1.82) is 0 Å². The van der Waals surface area contributed by atoms with Gasteiger partial charge in [-0.2, -0.15) is 0 Å². The summed E-state index contributed by atoms with van der Waals surface area (Å²) in [5, 5.41) is 1.11. The van der Waals surface area contributed by atoms with E-state index >= 15 is 0 Å². The number of unbranched alkanes of at least 4 members (excludes halogenated alkanes) is 2. The van der Waals surface area contributed by atoms with E-state index in [2.05, 4.69) is 132 Å². The topological polar surface area (TPSA) is 27.1 Å². The Morgan fingerprint density at radius 3 is 1.78 bits per heavy atom. The number of ether oxygens (including phenoxy) is 1. The van der Waals surface area contributed by atoms with E-state index in [4.69, 9.17) is 12.6 Å². The second-order valence-electron chi connectivity index (χ2n) is 11.2. The Morgan fingerprint density at radius 1 is 0.711 bits per heavy atom. The lowest BCUT2D eigenvalue weighted by Crippen LogP contribution is -2.46. The van der Waals surface area contributed by atoms with Crippen molar-refractivity contribution in [3.05, 3.63) is 187 Å². The average Bonchev–Trinajstić information content (AvgIpc) is 3.67. The van der Waals surface area contributed by atoms with Crippen molar-refractivity contribution < 1.29 is 4.74 Å². The monoisotopic (exact) mass is 604 g/mol. The molecule has 0 bridgehead atoms. The standard InChI is InChI=1S/C27H30N2OSi.C13H11B/c1-2-3-10-20-30-25-16-11-17-26(21-25)31-27(29-19-18-28-22-29,23-12-6-4-7-13-23)24-14-8-5-9-15-24;14-13(11-7-3-1-4-8-11)12-9-5-2-6-10-12/h4-9,11-19,21-22H,2-3,10,20,31H2,1H3;1-10,13H. The van der Waals surface area contributed by atoms with Crippen LogP contribution in [0.5, 0.6) is 5.75 Å². The summed E-state index contributed by atoms with van der Waals surface area (Å²) < 4.78 is 8.36. The lowest BCUT2D eigenvalue weighted by atomic mass is 9.76. The van der Waals surface area contributed by atoms with E-state index in [1.54, 1.807) is 0 Å².